The fraction of sp³-hybridized carbons (Fsp3) is 0.438. The van der Waals surface area contributed by atoms with Crippen LogP contribution in [0.5, 0.6) is 5.75 Å². The van der Waals surface area contributed by atoms with E-state index in [1.165, 1.54) is 26.8 Å². The number of rotatable bonds is 7. The number of carbonyl (C=O) groups excluding carboxylic acids is 2. The zero-order valence-corrected chi connectivity index (χ0v) is 13.3. The van der Waals surface area contributed by atoms with Crippen molar-refractivity contribution in [1.29, 1.82) is 0 Å². The van der Waals surface area contributed by atoms with Gasteiger partial charge in [0.1, 0.15) is 17.5 Å². The minimum absolute atomic E-state index is 0.132. The lowest BCUT2D eigenvalue weighted by Gasteiger charge is -2.14. The summed E-state index contributed by atoms with van der Waals surface area (Å²) < 4.78 is 5.70. The summed E-state index contributed by atoms with van der Waals surface area (Å²) in [5, 5.41) is 2.50. The summed E-state index contributed by atoms with van der Waals surface area (Å²) in [4.78, 5) is 27.4. The molecular weight excluding hydrogens is 296 g/mol. The molecule has 2 amide bonds. The molecule has 7 nitrogen and oxygen atoms in total. The average molecular weight is 318 g/mol. The van der Waals surface area contributed by atoms with Crippen LogP contribution in [0.15, 0.2) is 23.2 Å². The van der Waals surface area contributed by atoms with Gasteiger partial charge in [-0.2, -0.15) is 0 Å². The van der Waals surface area contributed by atoms with Crippen LogP contribution in [0.3, 0.4) is 0 Å². The quantitative estimate of drug-likeness (QED) is 0.500. The lowest BCUT2D eigenvalue weighted by Crippen LogP contribution is -2.45. The molecule has 1 fully saturated rings. The predicted octanol–water partition coefficient (Wildman–Crippen LogP) is 0.467. The lowest BCUT2D eigenvalue weighted by molar-refractivity contribution is -0.123. The molecule has 1 saturated carbocycles. The number of carbonyl (C=O) groups is 2. The molecule has 0 heterocycles. The molecule has 1 atom stereocenters. The van der Waals surface area contributed by atoms with Crippen molar-refractivity contribution in [2.45, 2.75) is 25.8 Å². The van der Waals surface area contributed by atoms with Gasteiger partial charge in [-0.05, 0) is 43.9 Å². The van der Waals surface area contributed by atoms with Crippen LogP contribution in [0.4, 0.5) is 5.69 Å². The van der Waals surface area contributed by atoms with Gasteiger partial charge in [-0.1, -0.05) is 0 Å². The number of anilines is 1. The van der Waals surface area contributed by atoms with Crippen LogP contribution in [-0.2, 0) is 9.59 Å². The van der Waals surface area contributed by atoms with Gasteiger partial charge in [-0.3, -0.25) is 14.6 Å². The summed E-state index contributed by atoms with van der Waals surface area (Å²) >= 11 is 0. The summed E-state index contributed by atoms with van der Waals surface area (Å²) in [6.45, 7) is 2.17. The molecule has 5 N–H and O–H groups in total. The van der Waals surface area contributed by atoms with Gasteiger partial charge in [0.05, 0.1) is 6.61 Å². The molecule has 7 heteroatoms. The van der Waals surface area contributed by atoms with Crippen LogP contribution in [0.1, 0.15) is 25.3 Å². The van der Waals surface area contributed by atoms with E-state index in [1.54, 1.807) is 18.2 Å². The highest BCUT2D eigenvalue weighted by Crippen LogP contribution is 2.30. The van der Waals surface area contributed by atoms with Gasteiger partial charge in [0.2, 0.25) is 5.91 Å². The Bertz CT molecular complexity index is 638. The molecule has 0 aliphatic heterocycles. The van der Waals surface area contributed by atoms with E-state index < -0.39 is 17.9 Å². The van der Waals surface area contributed by atoms with Crippen LogP contribution < -0.4 is 21.5 Å². The number of ether oxygens (including phenoxy) is 1. The largest absolute Gasteiger partial charge is 0.493 e. The van der Waals surface area contributed by atoms with E-state index in [2.05, 4.69) is 10.3 Å². The third kappa shape index (κ3) is 4.45. The molecular formula is C16H22N4O3. The Balaban J connectivity index is 2.16. The van der Waals surface area contributed by atoms with E-state index >= 15 is 0 Å². The first kappa shape index (κ1) is 16.8. The van der Waals surface area contributed by atoms with Gasteiger partial charge in [0.25, 0.3) is 5.91 Å². The third-order valence-corrected chi connectivity index (χ3v) is 3.68. The monoisotopic (exact) mass is 318 g/mol. The summed E-state index contributed by atoms with van der Waals surface area (Å²) in [5.74, 6) is 0.126. The Hall–Kier alpha value is -2.57. The van der Waals surface area contributed by atoms with Crippen LogP contribution in [0.2, 0.25) is 0 Å². The Morgan fingerprint density at radius 3 is 2.70 bits per heavy atom. The molecule has 0 aromatic heterocycles. The molecule has 0 spiro atoms. The summed E-state index contributed by atoms with van der Waals surface area (Å²) in [5.41, 5.74) is 12.1. The number of primary amides is 1. The normalized spacial score (nSPS) is 15.8. The van der Waals surface area contributed by atoms with Crippen molar-refractivity contribution in [3.8, 4) is 5.75 Å². The summed E-state index contributed by atoms with van der Waals surface area (Å²) in [6.07, 6.45) is 2.38. The SMILES string of the molecule is CN=C(C(=O)N[C@H](C)C(N)=O)c1cc(OCC2CC2)ccc1N. The van der Waals surface area contributed by atoms with Crippen molar-refractivity contribution in [2.24, 2.45) is 16.6 Å². The highest BCUT2D eigenvalue weighted by atomic mass is 16.5. The standard InChI is InChI=1S/C16H22N4O3/c1-9(15(18)21)20-16(22)14(19-2)12-7-11(5-6-13(12)17)23-8-10-3-4-10/h5-7,9-10H,3-4,8,17H2,1-2H3,(H2,18,21)(H,20,22)/t9-/m1/s1. The first-order valence-electron chi connectivity index (χ1n) is 7.52. The minimum Gasteiger partial charge on any atom is -0.493 e. The van der Waals surface area contributed by atoms with Crippen molar-refractivity contribution < 1.29 is 14.3 Å². The number of hydrogen-bond acceptors (Lipinski definition) is 5. The van der Waals surface area contributed by atoms with Crippen molar-refractivity contribution in [1.82, 2.24) is 5.32 Å². The smallest absolute Gasteiger partial charge is 0.270 e. The van der Waals surface area contributed by atoms with E-state index in [9.17, 15) is 9.59 Å². The molecule has 0 unspecified atom stereocenters. The van der Waals surface area contributed by atoms with Gasteiger partial charge < -0.3 is 21.5 Å². The van der Waals surface area contributed by atoms with Crippen LogP contribution in [0, 0.1) is 5.92 Å². The number of amides is 2. The molecule has 1 aromatic rings. The second-order valence-corrected chi connectivity index (χ2v) is 5.67. The molecule has 23 heavy (non-hydrogen) atoms. The topological polar surface area (TPSA) is 120 Å². The Labute approximate surface area is 135 Å². The van der Waals surface area contributed by atoms with Gasteiger partial charge >= 0.3 is 0 Å². The maximum Gasteiger partial charge on any atom is 0.270 e. The van der Waals surface area contributed by atoms with Crippen LogP contribution in [0.25, 0.3) is 0 Å². The van der Waals surface area contributed by atoms with Crippen LogP contribution >= 0.6 is 0 Å². The number of benzene rings is 1. The molecule has 124 valence electrons. The number of nitrogens with zero attached hydrogens (tertiary/aromatic N) is 1. The second-order valence-electron chi connectivity index (χ2n) is 5.67. The molecule has 1 aliphatic carbocycles. The molecule has 1 aromatic carbocycles. The second kappa shape index (κ2) is 7.13. The van der Waals surface area contributed by atoms with E-state index in [0.717, 1.165) is 0 Å². The summed E-state index contributed by atoms with van der Waals surface area (Å²) in [7, 11) is 1.49. The number of aliphatic imine (C=N–C) groups is 1. The van der Waals surface area contributed by atoms with Crippen molar-refractivity contribution in [2.75, 3.05) is 19.4 Å². The zero-order chi connectivity index (χ0) is 17.0. The number of hydrogen-bond donors (Lipinski definition) is 3. The fourth-order valence-corrected chi connectivity index (χ4v) is 2.01. The Morgan fingerprint density at radius 1 is 1.43 bits per heavy atom. The molecule has 0 bridgehead atoms. The molecule has 2 rings (SSSR count). The fourth-order valence-electron chi connectivity index (χ4n) is 2.01. The third-order valence-electron chi connectivity index (χ3n) is 3.68. The molecule has 0 saturated heterocycles. The zero-order valence-electron chi connectivity index (χ0n) is 13.3. The Kier molecular flexibility index (Phi) is 5.20. The number of nitrogens with one attached hydrogen (secondary N) is 1. The van der Waals surface area contributed by atoms with Gasteiger partial charge in [-0.25, -0.2) is 0 Å². The van der Waals surface area contributed by atoms with Crippen molar-refractivity contribution in [3.05, 3.63) is 23.8 Å². The van der Waals surface area contributed by atoms with Gasteiger partial charge in [0.15, 0.2) is 0 Å². The number of nitrogens with two attached hydrogens (primary N) is 2. The lowest BCUT2D eigenvalue weighted by atomic mass is 10.1. The van der Waals surface area contributed by atoms with Crippen LogP contribution in [-0.4, -0.2) is 37.2 Å². The highest BCUT2D eigenvalue weighted by Gasteiger charge is 2.23. The van der Waals surface area contributed by atoms with E-state index in [0.29, 0.717) is 29.5 Å². The molecule has 1 aliphatic rings. The van der Waals surface area contributed by atoms with E-state index in [-0.39, 0.29) is 5.71 Å². The average Bonchev–Trinajstić information content (AvgIpc) is 3.32. The van der Waals surface area contributed by atoms with Crippen molar-refractivity contribution in [3.63, 3.8) is 0 Å². The van der Waals surface area contributed by atoms with E-state index in [1.807, 2.05) is 0 Å². The maximum atomic E-state index is 12.3. The van der Waals surface area contributed by atoms with Gasteiger partial charge in [0, 0.05) is 18.3 Å². The first-order chi connectivity index (χ1) is 10.9. The predicted molar refractivity (Wildman–Crippen MR) is 88.3 cm³/mol. The maximum absolute atomic E-state index is 12.3. The Morgan fingerprint density at radius 2 is 2.13 bits per heavy atom. The highest BCUT2D eigenvalue weighted by molar-refractivity contribution is 6.46. The first-order valence-corrected chi connectivity index (χ1v) is 7.52. The van der Waals surface area contributed by atoms with Gasteiger partial charge in [-0.15, -0.1) is 0 Å². The summed E-state index contributed by atoms with van der Waals surface area (Å²) in [6, 6.07) is 4.33. The number of nitrogen functional groups attached to an aromatic ring is 1. The minimum atomic E-state index is -0.797. The molecule has 0 radical (unpaired) electrons. The van der Waals surface area contributed by atoms with E-state index in [4.69, 9.17) is 16.2 Å². The van der Waals surface area contributed by atoms with Crippen molar-refractivity contribution >= 4 is 23.2 Å².